The minimum atomic E-state index is -1.32. The van der Waals surface area contributed by atoms with Gasteiger partial charge in [0.1, 0.15) is 24.8 Å². The smallest absolute Gasteiger partial charge is 0.546 e. The number of fused-ring (bicyclic) bond motifs is 1. The number of carboxylic acids is 1. The van der Waals surface area contributed by atoms with Crippen molar-refractivity contribution in [2.45, 2.75) is 6.61 Å². The predicted molar refractivity (Wildman–Crippen MR) is 138 cm³/mol. The largest absolute Gasteiger partial charge is 1.00 e. The molecular formula is C29H19FN3NaO6. The number of hydrogen-bond acceptors (Lipinski definition) is 8. The van der Waals surface area contributed by atoms with Crippen molar-refractivity contribution in [2.24, 2.45) is 0 Å². The number of aromatic nitrogens is 2. The molecule has 0 bridgehead atoms. The van der Waals surface area contributed by atoms with Crippen LogP contribution in [0.25, 0.3) is 33.4 Å². The molecule has 0 atom stereocenters. The zero-order valence-electron chi connectivity index (χ0n) is 21.2. The molecule has 0 fully saturated rings. The first-order chi connectivity index (χ1) is 18.9. The van der Waals surface area contributed by atoms with E-state index in [9.17, 15) is 24.4 Å². The first-order valence-corrected chi connectivity index (χ1v) is 11.7. The van der Waals surface area contributed by atoms with Crippen LogP contribution in [0.2, 0.25) is 0 Å². The average molecular weight is 547 g/mol. The van der Waals surface area contributed by atoms with Crippen LogP contribution in [0.1, 0.15) is 5.56 Å². The summed E-state index contributed by atoms with van der Waals surface area (Å²) in [5.74, 6) is -0.896. The van der Waals surface area contributed by atoms with Crippen LogP contribution >= 0.6 is 0 Å². The number of carbonyl (C=O) groups excluding carboxylic acids is 1. The third kappa shape index (κ3) is 6.78. The summed E-state index contributed by atoms with van der Waals surface area (Å²) in [5.41, 5.74) is 1.76. The predicted octanol–water partition coefficient (Wildman–Crippen LogP) is 1.72. The number of benzene rings is 4. The molecule has 11 heteroatoms. The van der Waals surface area contributed by atoms with Gasteiger partial charge in [-0.1, -0.05) is 48.5 Å². The number of aliphatic carboxylic acids is 1. The second kappa shape index (κ2) is 12.6. The van der Waals surface area contributed by atoms with Crippen molar-refractivity contribution in [2.75, 3.05) is 6.61 Å². The van der Waals surface area contributed by atoms with Gasteiger partial charge in [0.15, 0.2) is 5.82 Å². The molecule has 0 saturated carbocycles. The number of ether oxygens (including phenoxy) is 2. The number of carboxylic acid groups (broad SMARTS) is 1. The Morgan fingerprint density at radius 2 is 1.62 bits per heavy atom. The molecule has 194 valence electrons. The van der Waals surface area contributed by atoms with Crippen LogP contribution in [0.15, 0.2) is 91.0 Å². The maximum atomic E-state index is 14.1. The average Bonchev–Trinajstić information content (AvgIpc) is 2.95. The van der Waals surface area contributed by atoms with E-state index in [0.29, 0.717) is 34.0 Å². The Balaban J connectivity index is 0.00000370. The van der Waals surface area contributed by atoms with Gasteiger partial charge in [-0.2, -0.15) is 4.98 Å². The molecule has 4 aromatic carbocycles. The molecule has 0 aliphatic heterocycles. The molecule has 1 aromatic heterocycles. The zero-order valence-corrected chi connectivity index (χ0v) is 23.2. The normalized spacial score (nSPS) is 10.5. The first-order valence-electron chi connectivity index (χ1n) is 11.7. The molecular weight excluding hydrogens is 528 g/mol. The van der Waals surface area contributed by atoms with Crippen molar-refractivity contribution in [1.82, 2.24) is 9.97 Å². The van der Waals surface area contributed by atoms with Crippen molar-refractivity contribution < 1.29 is 58.2 Å². The molecule has 0 N–H and O–H groups in total. The molecule has 1 heterocycles. The number of rotatable bonds is 9. The van der Waals surface area contributed by atoms with Crippen molar-refractivity contribution in [3.8, 4) is 34.3 Å². The summed E-state index contributed by atoms with van der Waals surface area (Å²) in [6.45, 7) is -0.638. The molecule has 9 nitrogen and oxygen atoms in total. The third-order valence-corrected chi connectivity index (χ3v) is 5.82. The van der Waals surface area contributed by atoms with Crippen molar-refractivity contribution in [3.63, 3.8) is 0 Å². The first kappa shape index (κ1) is 28.6. The summed E-state index contributed by atoms with van der Waals surface area (Å²) in [7, 11) is 0. The van der Waals surface area contributed by atoms with E-state index in [-0.39, 0.29) is 47.7 Å². The van der Waals surface area contributed by atoms with Crippen LogP contribution in [0, 0.1) is 15.9 Å². The van der Waals surface area contributed by atoms with Gasteiger partial charge in [0, 0.05) is 34.9 Å². The van der Waals surface area contributed by atoms with E-state index in [4.69, 9.17) is 9.47 Å². The van der Waals surface area contributed by atoms with Gasteiger partial charge in [-0.15, -0.1) is 0 Å². The summed E-state index contributed by atoms with van der Waals surface area (Å²) in [4.78, 5) is 30.7. The summed E-state index contributed by atoms with van der Waals surface area (Å²) >= 11 is 0. The maximum absolute atomic E-state index is 14.1. The Kier molecular flexibility index (Phi) is 9.05. The number of halogens is 1. The molecule has 5 rings (SSSR count). The monoisotopic (exact) mass is 547 g/mol. The Bertz CT molecular complexity index is 1720. The van der Waals surface area contributed by atoms with E-state index in [1.54, 1.807) is 66.7 Å². The quantitative estimate of drug-likeness (QED) is 0.155. The van der Waals surface area contributed by atoms with E-state index >= 15 is 0 Å². The number of nitrogens with zero attached hydrogens (tertiary/aromatic N) is 3. The van der Waals surface area contributed by atoms with Crippen molar-refractivity contribution in [3.05, 3.63) is 112 Å². The molecule has 0 aliphatic rings. The fraction of sp³-hybridized carbons (Fsp3) is 0.0690. The summed E-state index contributed by atoms with van der Waals surface area (Å²) in [5, 5.41) is 23.6. The van der Waals surface area contributed by atoms with Crippen LogP contribution in [0.4, 0.5) is 10.1 Å². The molecule has 0 unspecified atom stereocenters. The van der Waals surface area contributed by atoms with E-state index in [0.717, 1.165) is 10.8 Å². The molecule has 40 heavy (non-hydrogen) atoms. The Hall–Kier alpha value is -4.38. The topological polar surface area (TPSA) is 128 Å². The van der Waals surface area contributed by atoms with Crippen LogP contribution in [0.3, 0.4) is 0 Å². The van der Waals surface area contributed by atoms with E-state index < -0.39 is 23.3 Å². The van der Waals surface area contributed by atoms with Crippen LogP contribution in [0.5, 0.6) is 11.6 Å². The van der Waals surface area contributed by atoms with Gasteiger partial charge >= 0.3 is 29.6 Å². The van der Waals surface area contributed by atoms with Crippen LogP contribution < -0.4 is 44.1 Å². The van der Waals surface area contributed by atoms with E-state index in [1.807, 2.05) is 6.07 Å². The Labute approximate surface area is 249 Å². The SMILES string of the molecule is O=C([O-])COc1ccc2cc(-c3nc(OCc4ccccc4F)cc(-c4cccc([N+](=O)[O-])c4)n3)ccc2c1.[Na+]. The van der Waals surface area contributed by atoms with Gasteiger partial charge in [-0.05, 0) is 35.0 Å². The van der Waals surface area contributed by atoms with Crippen LogP contribution in [-0.4, -0.2) is 27.5 Å². The fourth-order valence-electron chi connectivity index (χ4n) is 3.92. The standard InChI is InChI=1S/C29H20FN3O6.Na/c30-25-7-2-1-4-22(25)16-39-27-15-26(20-5-3-6-23(13-20)33(36)37)31-29(32-27)21-9-8-19-14-24(38-17-28(34)35)11-10-18(19)12-21;/h1-15H,16-17H2,(H,34,35);/q;+1/p-1. The Morgan fingerprint density at radius 3 is 2.40 bits per heavy atom. The molecule has 0 amide bonds. The molecule has 0 radical (unpaired) electrons. The second-order valence-electron chi connectivity index (χ2n) is 8.49. The minimum Gasteiger partial charge on any atom is -0.546 e. The number of hydrogen-bond donors (Lipinski definition) is 0. The summed E-state index contributed by atoms with van der Waals surface area (Å²) in [6.07, 6.45) is 0. The van der Waals surface area contributed by atoms with E-state index in [2.05, 4.69) is 9.97 Å². The zero-order chi connectivity index (χ0) is 27.4. The van der Waals surface area contributed by atoms with Crippen molar-refractivity contribution in [1.29, 1.82) is 0 Å². The van der Waals surface area contributed by atoms with E-state index in [1.165, 1.54) is 18.2 Å². The fourth-order valence-corrected chi connectivity index (χ4v) is 3.92. The molecule has 0 saturated heterocycles. The minimum absolute atomic E-state index is 0. The Morgan fingerprint density at radius 1 is 0.850 bits per heavy atom. The molecule has 0 aliphatic carbocycles. The molecule has 5 aromatic rings. The van der Waals surface area contributed by atoms with Gasteiger partial charge in [0.25, 0.3) is 5.69 Å². The number of nitro groups is 1. The second-order valence-corrected chi connectivity index (χ2v) is 8.49. The van der Waals surface area contributed by atoms with Gasteiger partial charge in [-0.3, -0.25) is 10.1 Å². The van der Waals surface area contributed by atoms with Gasteiger partial charge < -0.3 is 19.4 Å². The number of carbonyl (C=O) groups is 1. The van der Waals surface area contributed by atoms with Crippen molar-refractivity contribution >= 4 is 22.4 Å². The van der Waals surface area contributed by atoms with Gasteiger partial charge in [-0.25, -0.2) is 9.37 Å². The van der Waals surface area contributed by atoms with Gasteiger partial charge in [0.05, 0.1) is 16.6 Å². The van der Waals surface area contributed by atoms with Crippen LogP contribution in [-0.2, 0) is 11.4 Å². The summed E-state index contributed by atoms with van der Waals surface area (Å²) < 4.78 is 25.2. The number of non-ortho nitro benzene ring substituents is 1. The number of nitro benzene ring substituents is 1. The maximum Gasteiger partial charge on any atom is 1.00 e. The molecule has 0 spiro atoms. The van der Waals surface area contributed by atoms with Gasteiger partial charge in [0.2, 0.25) is 5.88 Å². The third-order valence-electron chi connectivity index (χ3n) is 5.82. The summed E-state index contributed by atoms with van der Waals surface area (Å²) in [6, 6.07) is 24.3.